The Morgan fingerprint density at radius 2 is 1.97 bits per heavy atom. The molecule has 0 unspecified atom stereocenters. The number of aryl methyl sites for hydroxylation is 2. The fraction of sp³-hybridized carbons (Fsp3) is 0.304. The molecule has 1 aliphatic rings. The summed E-state index contributed by atoms with van der Waals surface area (Å²) >= 11 is 0. The number of nitrogens with zero attached hydrogens (tertiary/aromatic N) is 5. The summed E-state index contributed by atoms with van der Waals surface area (Å²) in [5.74, 6) is -4.63. The minimum atomic E-state index is -3.63. The number of H-pyrrole nitrogens is 1. The van der Waals surface area contributed by atoms with E-state index >= 15 is 0 Å². The number of hydrogen-bond acceptors (Lipinski definition) is 7. The van der Waals surface area contributed by atoms with Crippen molar-refractivity contribution in [1.82, 2.24) is 24.5 Å². The molecule has 1 atom stereocenters. The van der Waals surface area contributed by atoms with Crippen LogP contribution in [0.5, 0.6) is 0 Å². The number of aromatic nitrogens is 5. The summed E-state index contributed by atoms with van der Waals surface area (Å²) < 4.78 is 54.6. The summed E-state index contributed by atoms with van der Waals surface area (Å²) in [5.41, 5.74) is 3.44. The van der Waals surface area contributed by atoms with E-state index in [0.29, 0.717) is 34.1 Å². The number of aromatic amines is 1. The summed E-state index contributed by atoms with van der Waals surface area (Å²) in [7, 11) is -0.369. The largest absolute Gasteiger partial charge is 0.352 e. The van der Waals surface area contributed by atoms with E-state index in [-0.39, 0.29) is 5.82 Å². The van der Waals surface area contributed by atoms with Crippen molar-refractivity contribution in [3.05, 3.63) is 42.6 Å². The molecule has 0 saturated heterocycles. The maximum absolute atomic E-state index is 13.4. The van der Waals surface area contributed by atoms with Gasteiger partial charge in [-0.05, 0) is 19.1 Å². The lowest BCUT2D eigenvalue weighted by atomic mass is 10.1. The van der Waals surface area contributed by atoms with E-state index in [1.807, 2.05) is 17.7 Å². The lowest BCUT2D eigenvalue weighted by Gasteiger charge is -2.22. The molecule has 3 aromatic heterocycles. The average Bonchev–Trinajstić information content (AvgIpc) is 3.09. The Morgan fingerprint density at radius 3 is 2.59 bits per heavy atom. The van der Waals surface area contributed by atoms with E-state index in [4.69, 9.17) is 0 Å². The van der Waals surface area contributed by atoms with Crippen LogP contribution in [0.15, 0.2) is 36.8 Å². The third-order valence-corrected chi connectivity index (χ3v) is 7.37. The molecule has 1 aliphatic carbocycles. The van der Waals surface area contributed by atoms with Crippen molar-refractivity contribution in [2.24, 2.45) is 13.0 Å². The first-order valence-corrected chi connectivity index (χ1v) is 13.1. The van der Waals surface area contributed by atoms with Crippen LogP contribution in [0.4, 0.5) is 31.7 Å². The highest BCUT2D eigenvalue weighted by Crippen LogP contribution is 2.49. The van der Waals surface area contributed by atoms with Crippen LogP contribution in [0.25, 0.3) is 22.4 Å². The molecule has 14 heteroatoms. The van der Waals surface area contributed by atoms with Gasteiger partial charge in [-0.3, -0.25) is 9.10 Å². The van der Waals surface area contributed by atoms with E-state index in [1.54, 1.807) is 31.6 Å². The molecular formula is C23H24F2N8O3S. The first-order valence-electron chi connectivity index (χ1n) is 11.2. The molecule has 0 radical (unpaired) electrons. The molecular weight excluding hydrogens is 506 g/mol. The molecule has 5 rings (SSSR count). The molecule has 3 heterocycles. The second-order valence-corrected chi connectivity index (χ2v) is 11.1. The molecule has 194 valence electrons. The Hall–Kier alpha value is -4.07. The predicted molar refractivity (Wildman–Crippen MR) is 135 cm³/mol. The summed E-state index contributed by atoms with van der Waals surface area (Å²) in [5, 5.41) is 5.64. The molecule has 0 aliphatic heterocycles. The van der Waals surface area contributed by atoms with Crippen LogP contribution >= 0.6 is 0 Å². The standard InChI is InChI=1S/C23H24F2N8O3S/c1-12-27-20-16(8-19(30-21(20)28-12)31-22(34)14-9-23(14,24)25)29-15-6-5-13(18-10-26-11-32(18)2)7-17(15)33(3)37(4,35)36/h5-8,10-11,14H,9H2,1-4H3,(H3,27,28,29,30,31,34)/t14-/m1/s1. The summed E-state index contributed by atoms with van der Waals surface area (Å²) in [6.07, 6.45) is 3.91. The normalized spacial score (nSPS) is 16.5. The Bertz CT molecular complexity index is 1650. The number of alkyl halides is 2. The summed E-state index contributed by atoms with van der Waals surface area (Å²) in [6.45, 7) is 1.72. The fourth-order valence-corrected chi connectivity index (χ4v) is 4.50. The zero-order valence-corrected chi connectivity index (χ0v) is 21.2. The molecule has 0 spiro atoms. The van der Waals surface area contributed by atoms with Crippen molar-refractivity contribution in [1.29, 1.82) is 0 Å². The third kappa shape index (κ3) is 4.71. The first kappa shape index (κ1) is 24.6. The summed E-state index contributed by atoms with van der Waals surface area (Å²) in [6, 6.07) is 6.71. The topological polar surface area (TPSA) is 138 Å². The SMILES string of the molecule is Cc1nc2c(Nc3ccc(-c4cncn4C)cc3N(C)S(C)(=O)=O)cc(NC(=O)[C@H]3CC3(F)F)nc2[nH]1. The number of sulfonamides is 1. The van der Waals surface area contributed by atoms with E-state index < -0.39 is 34.2 Å². The molecule has 4 aromatic rings. The number of halogens is 2. The van der Waals surface area contributed by atoms with Crippen molar-refractivity contribution in [2.45, 2.75) is 19.3 Å². The zero-order chi connectivity index (χ0) is 26.7. The van der Waals surface area contributed by atoms with Gasteiger partial charge in [-0.25, -0.2) is 32.2 Å². The lowest BCUT2D eigenvalue weighted by Crippen LogP contribution is -2.25. The molecule has 1 aromatic carbocycles. The van der Waals surface area contributed by atoms with Gasteiger partial charge in [0, 0.05) is 32.1 Å². The van der Waals surface area contributed by atoms with Crippen molar-refractivity contribution < 1.29 is 22.0 Å². The number of amides is 1. The van der Waals surface area contributed by atoms with Crippen LogP contribution in [-0.2, 0) is 21.9 Å². The monoisotopic (exact) mass is 530 g/mol. The highest BCUT2D eigenvalue weighted by atomic mass is 32.2. The third-order valence-electron chi connectivity index (χ3n) is 6.18. The Balaban J connectivity index is 1.57. The molecule has 1 amide bonds. The second-order valence-electron chi connectivity index (χ2n) is 9.06. The van der Waals surface area contributed by atoms with Crippen molar-refractivity contribution in [3.8, 4) is 11.3 Å². The number of nitrogens with one attached hydrogen (secondary N) is 3. The lowest BCUT2D eigenvalue weighted by molar-refractivity contribution is -0.119. The number of anilines is 4. The van der Waals surface area contributed by atoms with Crippen molar-refractivity contribution in [3.63, 3.8) is 0 Å². The Morgan fingerprint density at radius 1 is 1.24 bits per heavy atom. The van der Waals surface area contributed by atoms with Crippen LogP contribution in [0.1, 0.15) is 12.2 Å². The number of carbonyl (C=O) groups excluding carboxylic acids is 1. The summed E-state index contributed by atoms with van der Waals surface area (Å²) in [4.78, 5) is 28.1. The van der Waals surface area contributed by atoms with Crippen LogP contribution in [0.2, 0.25) is 0 Å². The van der Waals surface area contributed by atoms with Crippen molar-refractivity contribution >= 4 is 50.0 Å². The highest BCUT2D eigenvalue weighted by molar-refractivity contribution is 7.92. The number of fused-ring (bicyclic) bond motifs is 1. The van der Waals surface area contributed by atoms with E-state index in [9.17, 15) is 22.0 Å². The van der Waals surface area contributed by atoms with Gasteiger partial charge in [0.15, 0.2) is 5.65 Å². The van der Waals surface area contributed by atoms with E-state index in [2.05, 4.69) is 30.6 Å². The van der Waals surface area contributed by atoms with E-state index in [1.165, 1.54) is 13.1 Å². The van der Waals surface area contributed by atoms with Gasteiger partial charge in [-0.1, -0.05) is 6.07 Å². The predicted octanol–water partition coefficient (Wildman–Crippen LogP) is 3.40. The molecule has 1 saturated carbocycles. The number of carbonyl (C=O) groups is 1. The minimum Gasteiger partial charge on any atom is -0.352 e. The number of hydrogen-bond donors (Lipinski definition) is 3. The average molecular weight is 531 g/mol. The molecule has 0 bridgehead atoms. The first-order chi connectivity index (χ1) is 17.3. The van der Waals surface area contributed by atoms with Crippen LogP contribution in [0, 0.1) is 12.8 Å². The van der Waals surface area contributed by atoms with Crippen molar-refractivity contribution in [2.75, 3.05) is 28.2 Å². The molecule has 3 N–H and O–H groups in total. The van der Waals surface area contributed by atoms with Crippen LogP contribution in [0.3, 0.4) is 0 Å². The van der Waals surface area contributed by atoms with Gasteiger partial charge in [0.2, 0.25) is 15.9 Å². The Kier molecular flexibility index (Phi) is 5.66. The zero-order valence-electron chi connectivity index (χ0n) is 20.4. The molecule has 11 nitrogen and oxygen atoms in total. The van der Waals surface area contributed by atoms with Gasteiger partial charge >= 0.3 is 0 Å². The van der Waals surface area contributed by atoms with Crippen LogP contribution in [-0.4, -0.2) is 58.1 Å². The maximum Gasteiger partial charge on any atom is 0.260 e. The van der Waals surface area contributed by atoms with Gasteiger partial charge in [-0.15, -0.1) is 0 Å². The minimum absolute atomic E-state index is 0.0517. The van der Waals surface area contributed by atoms with E-state index in [0.717, 1.165) is 21.8 Å². The highest BCUT2D eigenvalue weighted by Gasteiger charge is 2.61. The Labute approximate surface area is 211 Å². The number of rotatable bonds is 7. The number of benzene rings is 1. The second kappa shape index (κ2) is 8.50. The van der Waals surface area contributed by atoms with Gasteiger partial charge < -0.3 is 20.2 Å². The smallest absolute Gasteiger partial charge is 0.260 e. The van der Waals surface area contributed by atoms with Gasteiger partial charge in [0.25, 0.3) is 5.92 Å². The maximum atomic E-state index is 13.4. The van der Waals surface area contributed by atoms with Gasteiger partial charge in [0.05, 0.1) is 41.5 Å². The molecule has 1 fully saturated rings. The number of pyridine rings is 1. The van der Waals surface area contributed by atoms with Gasteiger partial charge in [-0.2, -0.15) is 0 Å². The number of imidazole rings is 2. The molecule has 37 heavy (non-hydrogen) atoms. The quantitative estimate of drug-likeness (QED) is 0.333. The van der Waals surface area contributed by atoms with Crippen LogP contribution < -0.4 is 14.9 Å². The van der Waals surface area contributed by atoms with Gasteiger partial charge in [0.1, 0.15) is 23.1 Å². The fourth-order valence-electron chi connectivity index (χ4n) is 3.99.